The maximum atomic E-state index is 11.6. The molecule has 0 amide bonds. The van der Waals surface area contributed by atoms with Crippen LogP contribution in [0.1, 0.15) is 21.4 Å². The Balaban J connectivity index is 2.75. The molecule has 1 aromatic heterocycles. The van der Waals surface area contributed by atoms with Gasteiger partial charge in [-0.25, -0.2) is 9.48 Å². The van der Waals surface area contributed by atoms with Crippen LogP contribution in [0.3, 0.4) is 0 Å². The van der Waals surface area contributed by atoms with Gasteiger partial charge in [0.2, 0.25) is 0 Å². The van der Waals surface area contributed by atoms with Gasteiger partial charge in [0.1, 0.15) is 11.0 Å². The van der Waals surface area contributed by atoms with E-state index in [1.165, 1.54) is 23.9 Å². The molecule has 0 N–H and O–H groups in total. The lowest BCUT2D eigenvalue weighted by Crippen LogP contribution is -2.05. The molecule has 1 heterocycles. The van der Waals surface area contributed by atoms with E-state index >= 15 is 0 Å². The Bertz CT molecular complexity index is 625. The maximum Gasteiger partial charge on any atom is 0.340 e. The van der Waals surface area contributed by atoms with Crippen LogP contribution in [-0.4, -0.2) is 28.1 Å². The monoisotopic (exact) mass is 268 g/mol. The van der Waals surface area contributed by atoms with Gasteiger partial charge in [0, 0.05) is 12.6 Å². The Kier molecular flexibility index (Phi) is 3.24. The minimum absolute atomic E-state index is 0.304. The Labute approximate surface area is 107 Å². The Morgan fingerprint density at radius 2 is 2.28 bits per heavy atom. The molecule has 18 heavy (non-hydrogen) atoms. The zero-order valence-electron chi connectivity index (χ0n) is 9.62. The first-order chi connectivity index (χ1) is 8.60. The van der Waals surface area contributed by atoms with Crippen LogP contribution in [-0.2, 0) is 11.8 Å². The molecular formula is C10H9ClN4O3. The summed E-state index contributed by atoms with van der Waals surface area (Å²) >= 11 is 5.77. The number of hydrogen-bond donors (Lipinski definition) is 0. The molecule has 2 aromatic rings. The molecule has 0 saturated heterocycles. The molecule has 8 heteroatoms. The second-order valence-corrected chi connectivity index (χ2v) is 3.96. The Morgan fingerprint density at radius 1 is 1.56 bits per heavy atom. The number of rotatable bonds is 3. The highest BCUT2D eigenvalue weighted by Gasteiger charge is 2.21. The van der Waals surface area contributed by atoms with E-state index in [4.69, 9.17) is 11.6 Å². The summed E-state index contributed by atoms with van der Waals surface area (Å²) in [6.45, 7) is 0. The molecule has 0 radical (unpaired) electrons. The summed E-state index contributed by atoms with van der Waals surface area (Å²) in [6, 6.07) is 3.02. The van der Waals surface area contributed by atoms with Gasteiger partial charge in [-0.2, -0.15) is 0 Å². The number of nitrogens with zero attached hydrogens (tertiary/aromatic N) is 4. The smallest absolute Gasteiger partial charge is 0.340 e. The highest BCUT2D eigenvalue weighted by atomic mass is 35.5. The molecule has 1 aromatic carbocycles. The van der Waals surface area contributed by atoms with E-state index in [2.05, 4.69) is 20.2 Å². The largest absolute Gasteiger partial charge is 0.465 e. The van der Waals surface area contributed by atoms with Crippen LogP contribution < -0.4 is 0 Å². The molecule has 0 spiro atoms. The molecule has 2 rings (SSSR count). The summed E-state index contributed by atoms with van der Waals surface area (Å²) in [6.07, 6.45) is 0. The van der Waals surface area contributed by atoms with Crippen LogP contribution in [0.2, 0.25) is 0 Å². The SMILES string of the molecule is COC(=O)c1ccc(C(Cl)N=O)c2nnn(C)c12. The fourth-order valence-electron chi connectivity index (χ4n) is 1.71. The Hall–Kier alpha value is -2.02. The molecule has 0 aliphatic heterocycles. The third-order valence-corrected chi connectivity index (χ3v) is 2.85. The van der Waals surface area contributed by atoms with Gasteiger partial charge in [-0.3, -0.25) is 0 Å². The molecule has 1 unspecified atom stereocenters. The minimum atomic E-state index is -1.07. The summed E-state index contributed by atoms with van der Waals surface area (Å²) in [5, 5.41) is 10.4. The van der Waals surface area contributed by atoms with Gasteiger partial charge >= 0.3 is 5.97 Å². The number of alkyl halides is 1. The fraction of sp³-hybridized carbons (Fsp3) is 0.300. The van der Waals surface area contributed by atoms with Crippen molar-refractivity contribution in [3.63, 3.8) is 0 Å². The maximum absolute atomic E-state index is 11.6. The van der Waals surface area contributed by atoms with Gasteiger partial charge in [0.15, 0.2) is 5.50 Å². The van der Waals surface area contributed by atoms with E-state index < -0.39 is 11.5 Å². The first-order valence-corrected chi connectivity index (χ1v) is 5.41. The van der Waals surface area contributed by atoms with Crippen LogP contribution in [0.4, 0.5) is 0 Å². The number of carbonyl (C=O) groups is 1. The second kappa shape index (κ2) is 4.69. The standard InChI is InChI=1S/C10H9ClN4O3/c1-15-8-6(10(16)18-2)4-3-5(9(11)13-17)7(8)12-14-15/h3-4,9H,1-2H3. The third-order valence-electron chi connectivity index (χ3n) is 2.54. The number of nitroso groups, excluding NO2 is 1. The predicted octanol–water partition coefficient (Wildman–Crippen LogP) is 1.76. The zero-order valence-corrected chi connectivity index (χ0v) is 10.4. The van der Waals surface area contributed by atoms with Crippen LogP contribution in [0.5, 0.6) is 0 Å². The van der Waals surface area contributed by atoms with Crippen LogP contribution in [0.25, 0.3) is 11.0 Å². The number of ether oxygens (including phenoxy) is 1. The van der Waals surface area contributed by atoms with Gasteiger partial charge in [-0.1, -0.05) is 22.9 Å². The number of aromatic nitrogens is 3. The molecular weight excluding hydrogens is 260 g/mol. The van der Waals surface area contributed by atoms with E-state index in [0.29, 0.717) is 22.2 Å². The van der Waals surface area contributed by atoms with Crippen molar-refractivity contribution in [2.45, 2.75) is 5.50 Å². The van der Waals surface area contributed by atoms with Crippen molar-refractivity contribution < 1.29 is 9.53 Å². The minimum Gasteiger partial charge on any atom is -0.465 e. The van der Waals surface area contributed by atoms with Gasteiger partial charge in [-0.05, 0) is 11.2 Å². The van der Waals surface area contributed by atoms with E-state index in [1.807, 2.05) is 0 Å². The van der Waals surface area contributed by atoms with Crippen molar-refractivity contribution in [1.29, 1.82) is 0 Å². The lowest BCUT2D eigenvalue weighted by molar-refractivity contribution is 0.0602. The molecule has 0 aliphatic rings. The van der Waals surface area contributed by atoms with Crippen molar-refractivity contribution in [2.24, 2.45) is 12.2 Å². The van der Waals surface area contributed by atoms with Crippen molar-refractivity contribution in [3.8, 4) is 0 Å². The number of hydrogen-bond acceptors (Lipinski definition) is 6. The number of carbonyl (C=O) groups excluding carboxylic acids is 1. The third kappa shape index (κ3) is 1.82. The van der Waals surface area contributed by atoms with Crippen molar-refractivity contribution in [2.75, 3.05) is 7.11 Å². The molecule has 0 aliphatic carbocycles. The topological polar surface area (TPSA) is 86.4 Å². The summed E-state index contributed by atoms with van der Waals surface area (Å²) < 4.78 is 6.09. The Morgan fingerprint density at radius 3 is 2.89 bits per heavy atom. The fourth-order valence-corrected chi connectivity index (χ4v) is 1.88. The lowest BCUT2D eigenvalue weighted by atomic mass is 10.1. The average molecular weight is 269 g/mol. The van der Waals surface area contributed by atoms with Gasteiger partial charge in [0.05, 0.1) is 12.7 Å². The van der Waals surface area contributed by atoms with E-state index in [-0.39, 0.29) is 0 Å². The van der Waals surface area contributed by atoms with Gasteiger partial charge < -0.3 is 4.74 Å². The summed E-state index contributed by atoms with van der Waals surface area (Å²) in [5.74, 6) is -0.512. The normalized spacial score (nSPS) is 12.4. The molecule has 1 atom stereocenters. The highest BCUT2D eigenvalue weighted by Crippen LogP contribution is 2.29. The average Bonchev–Trinajstić information content (AvgIpc) is 2.78. The van der Waals surface area contributed by atoms with E-state index in [1.54, 1.807) is 7.05 Å². The molecule has 94 valence electrons. The number of aryl methyl sites for hydroxylation is 1. The molecule has 0 fully saturated rings. The van der Waals surface area contributed by atoms with E-state index in [9.17, 15) is 9.70 Å². The second-order valence-electron chi connectivity index (χ2n) is 3.55. The van der Waals surface area contributed by atoms with Crippen LogP contribution >= 0.6 is 11.6 Å². The summed E-state index contributed by atoms with van der Waals surface area (Å²) in [5.41, 5.74) is 0.450. The van der Waals surface area contributed by atoms with Gasteiger partial charge in [-0.15, -0.1) is 10.0 Å². The summed E-state index contributed by atoms with van der Waals surface area (Å²) in [4.78, 5) is 22.1. The molecule has 0 bridgehead atoms. The number of esters is 1. The number of methoxy groups -OCH3 is 1. The number of fused-ring (bicyclic) bond motifs is 1. The first-order valence-electron chi connectivity index (χ1n) is 4.97. The number of halogens is 1. The first kappa shape index (κ1) is 12.4. The predicted molar refractivity (Wildman–Crippen MR) is 64.2 cm³/mol. The van der Waals surface area contributed by atoms with Crippen molar-refractivity contribution >= 4 is 28.6 Å². The summed E-state index contributed by atoms with van der Waals surface area (Å²) in [7, 11) is 2.91. The number of benzene rings is 1. The van der Waals surface area contributed by atoms with Crippen LogP contribution in [0.15, 0.2) is 17.3 Å². The highest BCUT2D eigenvalue weighted by molar-refractivity contribution is 6.21. The van der Waals surface area contributed by atoms with Crippen molar-refractivity contribution in [1.82, 2.24) is 15.0 Å². The van der Waals surface area contributed by atoms with Crippen LogP contribution in [0, 0.1) is 4.91 Å². The van der Waals surface area contributed by atoms with Crippen molar-refractivity contribution in [3.05, 3.63) is 28.2 Å². The van der Waals surface area contributed by atoms with Gasteiger partial charge in [0.25, 0.3) is 0 Å². The van der Waals surface area contributed by atoms with E-state index in [0.717, 1.165) is 0 Å². The molecule has 0 saturated carbocycles. The molecule has 7 nitrogen and oxygen atoms in total. The zero-order chi connectivity index (χ0) is 13.3. The lowest BCUT2D eigenvalue weighted by Gasteiger charge is -2.06. The quantitative estimate of drug-likeness (QED) is 0.366.